The quantitative estimate of drug-likeness (QED) is 0.905. The summed E-state index contributed by atoms with van der Waals surface area (Å²) in [5.74, 6) is -1.34. The summed E-state index contributed by atoms with van der Waals surface area (Å²) in [5, 5.41) is 9.62. The number of carbonyl (C=O) groups is 2. The zero-order valence-electron chi connectivity index (χ0n) is 13.5. The molecule has 2 aromatic rings. The molecule has 1 saturated heterocycles. The number of rotatable bonds is 5. The SMILES string of the molecule is Cc1ccc([C@@H]2[C@H](C(=O)O)CCC(=O)N2CCc2cccnc2)s1. The maximum absolute atomic E-state index is 12.5. The highest BCUT2D eigenvalue weighted by atomic mass is 32.1. The minimum absolute atomic E-state index is 0.0347. The number of carboxylic acids is 1. The summed E-state index contributed by atoms with van der Waals surface area (Å²) in [6, 6.07) is 7.40. The van der Waals surface area contributed by atoms with Crippen molar-refractivity contribution in [3.05, 3.63) is 52.0 Å². The Bertz CT molecular complexity index is 729. The predicted octanol–water partition coefficient (Wildman–Crippen LogP) is 3.06. The zero-order valence-corrected chi connectivity index (χ0v) is 14.3. The van der Waals surface area contributed by atoms with Crippen LogP contribution in [0.2, 0.25) is 0 Å². The van der Waals surface area contributed by atoms with Gasteiger partial charge in [-0.1, -0.05) is 6.07 Å². The molecule has 126 valence electrons. The van der Waals surface area contributed by atoms with E-state index in [9.17, 15) is 14.7 Å². The number of aryl methyl sites for hydroxylation is 1. The van der Waals surface area contributed by atoms with Gasteiger partial charge in [-0.2, -0.15) is 0 Å². The third kappa shape index (κ3) is 3.48. The highest BCUT2D eigenvalue weighted by molar-refractivity contribution is 7.12. The number of carbonyl (C=O) groups excluding carboxylic acids is 1. The van der Waals surface area contributed by atoms with Crippen LogP contribution in [0.4, 0.5) is 0 Å². The standard InChI is InChI=1S/C18H20N2O3S/c1-12-4-6-15(24-12)17-14(18(22)23)5-7-16(21)20(17)10-8-13-3-2-9-19-11-13/h2-4,6,9,11,14,17H,5,7-8,10H2,1H3,(H,22,23)/t14-,17+/m1/s1. The molecule has 0 saturated carbocycles. The molecule has 2 aromatic heterocycles. The second-order valence-electron chi connectivity index (χ2n) is 6.08. The van der Waals surface area contributed by atoms with Crippen molar-refractivity contribution in [3.63, 3.8) is 0 Å². The summed E-state index contributed by atoms with van der Waals surface area (Å²) in [4.78, 5) is 32.2. The average molecular weight is 344 g/mol. The van der Waals surface area contributed by atoms with Crippen LogP contribution < -0.4 is 0 Å². The number of likely N-dealkylation sites (tertiary alicyclic amines) is 1. The van der Waals surface area contributed by atoms with Crippen molar-refractivity contribution in [1.29, 1.82) is 0 Å². The molecular weight excluding hydrogens is 324 g/mol. The minimum atomic E-state index is -0.829. The summed E-state index contributed by atoms with van der Waals surface area (Å²) in [7, 11) is 0. The molecular formula is C18H20N2O3S. The van der Waals surface area contributed by atoms with E-state index in [4.69, 9.17) is 0 Å². The summed E-state index contributed by atoms with van der Waals surface area (Å²) >= 11 is 1.57. The van der Waals surface area contributed by atoms with Crippen LogP contribution in [-0.2, 0) is 16.0 Å². The Morgan fingerprint density at radius 3 is 2.88 bits per heavy atom. The van der Waals surface area contributed by atoms with Gasteiger partial charge in [0.2, 0.25) is 5.91 Å². The van der Waals surface area contributed by atoms with Crippen molar-refractivity contribution >= 4 is 23.2 Å². The lowest BCUT2D eigenvalue weighted by Crippen LogP contribution is -2.45. The van der Waals surface area contributed by atoms with Gasteiger partial charge in [0.15, 0.2) is 0 Å². The molecule has 0 aromatic carbocycles. The lowest BCUT2D eigenvalue weighted by atomic mass is 9.87. The fourth-order valence-corrected chi connectivity index (χ4v) is 4.29. The van der Waals surface area contributed by atoms with Gasteiger partial charge in [0.25, 0.3) is 0 Å². The maximum Gasteiger partial charge on any atom is 0.308 e. The first-order valence-corrected chi connectivity index (χ1v) is 8.85. The van der Waals surface area contributed by atoms with E-state index in [1.807, 2.05) is 31.2 Å². The molecule has 1 N–H and O–H groups in total. The number of pyridine rings is 1. The molecule has 6 heteroatoms. The van der Waals surface area contributed by atoms with Crippen molar-refractivity contribution in [3.8, 4) is 0 Å². The number of nitrogens with zero attached hydrogens (tertiary/aromatic N) is 2. The number of aliphatic carboxylic acids is 1. The van der Waals surface area contributed by atoms with Gasteiger partial charge in [-0.15, -0.1) is 11.3 Å². The van der Waals surface area contributed by atoms with E-state index in [1.165, 1.54) is 0 Å². The Hall–Kier alpha value is -2.21. The number of aromatic nitrogens is 1. The summed E-state index contributed by atoms with van der Waals surface area (Å²) in [6.07, 6.45) is 4.87. The minimum Gasteiger partial charge on any atom is -0.481 e. The zero-order chi connectivity index (χ0) is 17.1. The van der Waals surface area contributed by atoms with E-state index in [2.05, 4.69) is 4.98 Å². The van der Waals surface area contributed by atoms with Gasteiger partial charge in [0.1, 0.15) is 0 Å². The number of carboxylic acid groups (broad SMARTS) is 1. The molecule has 5 nitrogen and oxygen atoms in total. The van der Waals surface area contributed by atoms with Crippen LogP contribution >= 0.6 is 11.3 Å². The molecule has 3 rings (SSSR count). The fraction of sp³-hybridized carbons (Fsp3) is 0.389. The van der Waals surface area contributed by atoms with Gasteiger partial charge in [-0.25, -0.2) is 0 Å². The number of hydrogen-bond donors (Lipinski definition) is 1. The van der Waals surface area contributed by atoms with Gasteiger partial charge >= 0.3 is 5.97 Å². The Labute approximate surface area is 145 Å². The summed E-state index contributed by atoms with van der Waals surface area (Å²) in [5.41, 5.74) is 1.05. The van der Waals surface area contributed by atoms with Crippen LogP contribution in [-0.4, -0.2) is 33.4 Å². The number of piperidine rings is 1. The second kappa shape index (κ2) is 7.13. The van der Waals surface area contributed by atoms with Crippen molar-refractivity contribution in [2.75, 3.05) is 6.54 Å². The molecule has 3 heterocycles. The molecule has 0 unspecified atom stereocenters. The lowest BCUT2D eigenvalue weighted by molar-refractivity contribution is -0.151. The number of amides is 1. The van der Waals surface area contributed by atoms with E-state index < -0.39 is 11.9 Å². The number of hydrogen-bond acceptors (Lipinski definition) is 4. The Kier molecular flexibility index (Phi) is 4.94. The van der Waals surface area contributed by atoms with Crippen LogP contribution in [0.1, 0.15) is 34.2 Å². The molecule has 1 fully saturated rings. The topological polar surface area (TPSA) is 70.5 Å². The van der Waals surface area contributed by atoms with Crippen LogP contribution in [0.5, 0.6) is 0 Å². The first-order chi connectivity index (χ1) is 11.6. The molecule has 1 aliphatic heterocycles. The largest absolute Gasteiger partial charge is 0.481 e. The van der Waals surface area contributed by atoms with Crippen molar-refractivity contribution in [2.45, 2.75) is 32.2 Å². The van der Waals surface area contributed by atoms with E-state index in [1.54, 1.807) is 28.6 Å². The molecule has 0 bridgehead atoms. The molecule has 0 aliphatic carbocycles. The van der Waals surface area contributed by atoms with Gasteiger partial charge in [0.05, 0.1) is 12.0 Å². The average Bonchev–Trinajstić information content (AvgIpc) is 3.00. The van der Waals surface area contributed by atoms with Gasteiger partial charge in [-0.3, -0.25) is 14.6 Å². The van der Waals surface area contributed by atoms with Crippen molar-refractivity contribution in [2.24, 2.45) is 5.92 Å². The molecule has 1 amide bonds. The molecule has 1 aliphatic rings. The summed E-state index contributed by atoms with van der Waals surface area (Å²) < 4.78 is 0. The number of thiophene rings is 1. The van der Waals surface area contributed by atoms with E-state index >= 15 is 0 Å². The Morgan fingerprint density at radius 1 is 1.42 bits per heavy atom. The van der Waals surface area contributed by atoms with E-state index in [0.29, 0.717) is 25.8 Å². The summed E-state index contributed by atoms with van der Waals surface area (Å²) in [6.45, 7) is 2.50. The smallest absolute Gasteiger partial charge is 0.308 e. The van der Waals surface area contributed by atoms with Crippen LogP contribution in [0.15, 0.2) is 36.7 Å². The third-order valence-electron chi connectivity index (χ3n) is 4.44. The van der Waals surface area contributed by atoms with Gasteiger partial charge in [-0.05, 0) is 43.5 Å². The van der Waals surface area contributed by atoms with Gasteiger partial charge in [0, 0.05) is 35.1 Å². The molecule has 0 spiro atoms. The molecule has 0 radical (unpaired) electrons. The highest BCUT2D eigenvalue weighted by Crippen LogP contribution is 2.39. The highest BCUT2D eigenvalue weighted by Gasteiger charge is 2.41. The van der Waals surface area contributed by atoms with Crippen molar-refractivity contribution in [1.82, 2.24) is 9.88 Å². The normalized spacial score (nSPS) is 21.0. The van der Waals surface area contributed by atoms with Crippen LogP contribution in [0.25, 0.3) is 0 Å². The van der Waals surface area contributed by atoms with Crippen molar-refractivity contribution < 1.29 is 14.7 Å². The van der Waals surface area contributed by atoms with E-state index in [0.717, 1.165) is 15.3 Å². The van der Waals surface area contributed by atoms with Gasteiger partial charge < -0.3 is 10.0 Å². The Morgan fingerprint density at radius 2 is 2.25 bits per heavy atom. The lowest BCUT2D eigenvalue weighted by Gasteiger charge is -2.39. The monoisotopic (exact) mass is 344 g/mol. The predicted molar refractivity (Wildman–Crippen MR) is 91.8 cm³/mol. The van der Waals surface area contributed by atoms with Crippen LogP contribution in [0, 0.1) is 12.8 Å². The van der Waals surface area contributed by atoms with Crippen LogP contribution in [0.3, 0.4) is 0 Å². The first kappa shape index (κ1) is 16.6. The maximum atomic E-state index is 12.5. The first-order valence-electron chi connectivity index (χ1n) is 8.04. The fourth-order valence-electron chi connectivity index (χ4n) is 3.23. The second-order valence-corrected chi connectivity index (χ2v) is 7.39. The molecule has 24 heavy (non-hydrogen) atoms. The van der Waals surface area contributed by atoms with E-state index in [-0.39, 0.29) is 11.9 Å². The third-order valence-corrected chi connectivity index (χ3v) is 5.51. The molecule has 2 atom stereocenters. The Balaban J connectivity index is 1.86.